The van der Waals surface area contributed by atoms with E-state index in [4.69, 9.17) is 9.97 Å². The maximum atomic E-state index is 4.88. The van der Waals surface area contributed by atoms with Crippen LogP contribution in [0.25, 0.3) is 33.5 Å². The summed E-state index contributed by atoms with van der Waals surface area (Å²) in [5.41, 5.74) is 4.86. The van der Waals surface area contributed by atoms with Crippen molar-refractivity contribution in [1.82, 2.24) is 19.9 Å². The van der Waals surface area contributed by atoms with Gasteiger partial charge in [-0.15, -0.1) is 11.3 Å². The minimum absolute atomic E-state index is 0.575. The van der Waals surface area contributed by atoms with Crippen LogP contribution in [-0.4, -0.2) is 19.9 Å². The van der Waals surface area contributed by atoms with E-state index >= 15 is 0 Å². The van der Waals surface area contributed by atoms with E-state index < -0.39 is 0 Å². The standard InChI is InChI=1S/C24H19N5S/c1-16-27-21(15-30-16)23-28-20-12-7-11-19(17-8-3-2-4-9-17)22(20)24(29-23)26-14-18-10-5-6-13-25-18/h2-13,15H,14H2,1H3,(H,26,28,29). The molecule has 5 aromatic rings. The highest BCUT2D eigenvalue weighted by Crippen LogP contribution is 2.34. The van der Waals surface area contributed by atoms with Gasteiger partial charge in [0.05, 0.1) is 28.1 Å². The molecule has 0 fully saturated rings. The minimum atomic E-state index is 0.575. The number of thiazole rings is 1. The highest BCUT2D eigenvalue weighted by atomic mass is 32.1. The molecular formula is C24H19N5S. The Hall–Kier alpha value is -3.64. The van der Waals surface area contributed by atoms with Crippen LogP contribution in [-0.2, 0) is 6.54 Å². The molecule has 2 aromatic carbocycles. The second kappa shape index (κ2) is 8.00. The Labute approximate surface area is 178 Å². The average Bonchev–Trinajstić information content (AvgIpc) is 3.24. The molecule has 3 aromatic heterocycles. The fourth-order valence-electron chi connectivity index (χ4n) is 3.43. The number of benzene rings is 2. The highest BCUT2D eigenvalue weighted by molar-refractivity contribution is 7.09. The van der Waals surface area contributed by atoms with Crippen molar-refractivity contribution in [1.29, 1.82) is 0 Å². The summed E-state index contributed by atoms with van der Waals surface area (Å²) in [5, 5.41) is 7.48. The van der Waals surface area contributed by atoms with Gasteiger partial charge in [-0.2, -0.15) is 0 Å². The lowest BCUT2D eigenvalue weighted by Crippen LogP contribution is -2.06. The van der Waals surface area contributed by atoms with E-state index in [0.29, 0.717) is 12.4 Å². The van der Waals surface area contributed by atoms with Crippen LogP contribution in [0.3, 0.4) is 0 Å². The molecule has 5 rings (SSSR count). The van der Waals surface area contributed by atoms with E-state index in [1.165, 1.54) is 0 Å². The van der Waals surface area contributed by atoms with Crippen molar-refractivity contribution < 1.29 is 0 Å². The normalized spacial score (nSPS) is 11.0. The number of anilines is 1. The second-order valence-corrected chi connectivity index (χ2v) is 7.95. The molecule has 6 heteroatoms. The summed E-state index contributed by atoms with van der Waals surface area (Å²) in [4.78, 5) is 18.7. The van der Waals surface area contributed by atoms with Gasteiger partial charge in [-0.1, -0.05) is 48.5 Å². The van der Waals surface area contributed by atoms with E-state index in [0.717, 1.165) is 44.2 Å². The van der Waals surface area contributed by atoms with Gasteiger partial charge in [0, 0.05) is 11.6 Å². The minimum Gasteiger partial charge on any atom is -0.364 e. The number of hydrogen-bond acceptors (Lipinski definition) is 6. The first-order valence-corrected chi connectivity index (χ1v) is 10.6. The van der Waals surface area contributed by atoms with Crippen LogP contribution in [0.15, 0.2) is 78.3 Å². The molecule has 5 nitrogen and oxygen atoms in total. The van der Waals surface area contributed by atoms with E-state index in [1.54, 1.807) is 17.5 Å². The largest absolute Gasteiger partial charge is 0.364 e. The predicted octanol–water partition coefficient (Wildman–Crippen LogP) is 5.74. The zero-order chi connectivity index (χ0) is 20.3. The predicted molar refractivity (Wildman–Crippen MR) is 122 cm³/mol. The van der Waals surface area contributed by atoms with Crippen molar-refractivity contribution >= 4 is 28.1 Å². The molecule has 0 unspecified atom stereocenters. The van der Waals surface area contributed by atoms with Gasteiger partial charge in [-0.05, 0) is 36.2 Å². The van der Waals surface area contributed by atoms with Gasteiger partial charge >= 0.3 is 0 Å². The van der Waals surface area contributed by atoms with Gasteiger partial charge in [0.1, 0.15) is 11.5 Å². The van der Waals surface area contributed by atoms with Crippen molar-refractivity contribution in [3.63, 3.8) is 0 Å². The number of hydrogen-bond donors (Lipinski definition) is 1. The molecule has 1 N–H and O–H groups in total. The number of aryl methyl sites for hydroxylation is 1. The van der Waals surface area contributed by atoms with Gasteiger partial charge in [0.2, 0.25) is 0 Å². The Bertz CT molecular complexity index is 1300. The molecule has 0 aliphatic carbocycles. The first-order chi connectivity index (χ1) is 14.8. The number of pyridine rings is 1. The summed E-state index contributed by atoms with van der Waals surface area (Å²) in [6.45, 7) is 2.56. The summed E-state index contributed by atoms with van der Waals surface area (Å²) in [6.07, 6.45) is 1.80. The van der Waals surface area contributed by atoms with Crippen LogP contribution in [0.1, 0.15) is 10.7 Å². The lowest BCUT2D eigenvalue weighted by atomic mass is 10.0. The maximum Gasteiger partial charge on any atom is 0.181 e. The quantitative estimate of drug-likeness (QED) is 0.401. The van der Waals surface area contributed by atoms with Gasteiger partial charge in [-0.3, -0.25) is 4.98 Å². The number of nitrogens with one attached hydrogen (secondary N) is 1. The van der Waals surface area contributed by atoms with Crippen LogP contribution < -0.4 is 5.32 Å². The summed E-state index contributed by atoms with van der Waals surface area (Å²) >= 11 is 1.60. The molecule has 0 atom stereocenters. The Kier molecular flexibility index (Phi) is 4.91. The fourth-order valence-corrected chi connectivity index (χ4v) is 4.02. The Morgan fingerprint density at radius 2 is 1.73 bits per heavy atom. The van der Waals surface area contributed by atoms with Gasteiger partial charge in [0.15, 0.2) is 5.82 Å². The van der Waals surface area contributed by atoms with E-state index in [2.05, 4.69) is 33.5 Å². The third-order valence-corrected chi connectivity index (χ3v) is 5.59. The van der Waals surface area contributed by atoms with Crippen molar-refractivity contribution in [2.75, 3.05) is 5.32 Å². The van der Waals surface area contributed by atoms with E-state index in [-0.39, 0.29) is 0 Å². The molecule has 146 valence electrons. The summed E-state index contributed by atoms with van der Waals surface area (Å²) < 4.78 is 0. The molecule has 0 aliphatic rings. The molecular weight excluding hydrogens is 390 g/mol. The van der Waals surface area contributed by atoms with Crippen molar-refractivity contribution in [2.24, 2.45) is 0 Å². The molecule has 0 amide bonds. The number of aromatic nitrogens is 4. The van der Waals surface area contributed by atoms with Crippen LogP contribution >= 0.6 is 11.3 Å². The lowest BCUT2D eigenvalue weighted by molar-refractivity contribution is 1.03. The van der Waals surface area contributed by atoms with Gasteiger partial charge in [-0.25, -0.2) is 15.0 Å². The molecule has 30 heavy (non-hydrogen) atoms. The SMILES string of the molecule is Cc1nc(-c2nc(NCc3ccccn3)c3c(-c4ccccc4)cccc3n2)cs1. The molecule has 0 saturated carbocycles. The summed E-state index contributed by atoms with van der Waals surface area (Å²) in [6, 6.07) is 22.4. The molecule has 0 bridgehead atoms. The molecule has 3 heterocycles. The topological polar surface area (TPSA) is 63.6 Å². The van der Waals surface area contributed by atoms with Crippen LogP contribution in [0.5, 0.6) is 0 Å². The van der Waals surface area contributed by atoms with Crippen LogP contribution in [0, 0.1) is 6.92 Å². The summed E-state index contributed by atoms with van der Waals surface area (Å²) in [7, 11) is 0. The van der Waals surface area contributed by atoms with E-state index in [9.17, 15) is 0 Å². The Balaban J connectivity index is 1.68. The highest BCUT2D eigenvalue weighted by Gasteiger charge is 2.15. The molecule has 0 spiro atoms. The second-order valence-electron chi connectivity index (χ2n) is 6.89. The summed E-state index contributed by atoms with van der Waals surface area (Å²) in [5.74, 6) is 1.41. The van der Waals surface area contributed by atoms with E-state index in [1.807, 2.05) is 60.8 Å². The van der Waals surface area contributed by atoms with Gasteiger partial charge < -0.3 is 5.32 Å². The Morgan fingerprint density at radius 3 is 2.50 bits per heavy atom. The van der Waals surface area contributed by atoms with Crippen LogP contribution in [0.4, 0.5) is 5.82 Å². The lowest BCUT2D eigenvalue weighted by Gasteiger charge is -2.14. The average molecular weight is 410 g/mol. The monoisotopic (exact) mass is 409 g/mol. The Morgan fingerprint density at radius 1 is 0.867 bits per heavy atom. The van der Waals surface area contributed by atoms with Crippen molar-refractivity contribution in [2.45, 2.75) is 13.5 Å². The third kappa shape index (κ3) is 3.65. The fraction of sp³-hybridized carbons (Fsp3) is 0.0833. The molecule has 0 radical (unpaired) electrons. The van der Waals surface area contributed by atoms with Crippen LogP contribution in [0.2, 0.25) is 0 Å². The number of fused-ring (bicyclic) bond motifs is 1. The van der Waals surface area contributed by atoms with Gasteiger partial charge in [0.25, 0.3) is 0 Å². The first-order valence-electron chi connectivity index (χ1n) is 9.70. The number of rotatable bonds is 5. The number of nitrogens with zero attached hydrogens (tertiary/aromatic N) is 4. The maximum absolute atomic E-state index is 4.88. The first kappa shape index (κ1) is 18.4. The zero-order valence-electron chi connectivity index (χ0n) is 16.4. The third-order valence-electron chi connectivity index (χ3n) is 4.82. The van der Waals surface area contributed by atoms with Crippen molar-refractivity contribution in [3.8, 4) is 22.6 Å². The smallest absolute Gasteiger partial charge is 0.181 e. The van der Waals surface area contributed by atoms with Crippen molar-refractivity contribution in [3.05, 3.63) is 89.0 Å². The molecule has 0 saturated heterocycles. The zero-order valence-corrected chi connectivity index (χ0v) is 17.2. The molecule has 0 aliphatic heterocycles.